The van der Waals surface area contributed by atoms with E-state index in [0.717, 1.165) is 0 Å². The summed E-state index contributed by atoms with van der Waals surface area (Å²) in [6.45, 7) is 1.45. The van der Waals surface area contributed by atoms with Gasteiger partial charge in [-0.15, -0.1) is 0 Å². The normalized spacial score (nSPS) is 11.0. The first kappa shape index (κ1) is 15.3. The number of benzene rings is 1. The van der Waals surface area contributed by atoms with Crippen molar-refractivity contribution in [1.82, 2.24) is 4.98 Å². The van der Waals surface area contributed by atoms with E-state index in [4.69, 9.17) is 16.3 Å². The van der Waals surface area contributed by atoms with Crippen molar-refractivity contribution in [3.8, 4) is 11.5 Å². The molecule has 0 unspecified atom stereocenters. The quantitative estimate of drug-likeness (QED) is 0.852. The molecule has 1 heterocycles. The average molecular weight is 307 g/mol. The molecule has 0 aliphatic rings. The number of pyridine rings is 1. The van der Waals surface area contributed by atoms with E-state index in [1.807, 2.05) is 0 Å². The second kappa shape index (κ2) is 6.56. The highest BCUT2D eigenvalue weighted by Gasteiger charge is 2.09. The molecule has 0 spiro atoms. The largest absolute Gasteiger partial charge is 0.505 e. The molecule has 2 rings (SSSR count). The molecule has 0 atom stereocenters. The molecule has 0 amide bonds. The predicted octanol–water partition coefficient (Wildman–Crippen LogP) is 3.00. The Hall–Kier alpha value is -2.11. The Balaban J connectivity index is 2.37. The Morgan fingerprint density at radius 2 is 2.19 bits per heavy atom. The number of aliphatic hydroxyl groups excluding tert-OH is 1. The molecule has 0 saturated carbocycles. The number of rotatable bonds is 4. The summed E-state index contributed by atoms with van der Waals surface area (Å²) in [5.74, 6) is 0.569. The van der Waals surface area contributed by atoms with E-state index >= 15 is 0 Å². The van der Waals surface area contributed by atoms with E-state index in [2.05, 4.69) is 9.98 Å². The zero-order valence-corrected chi connectivity index (χ0v) is 12.4. The van der Waals surface area contributed by atoms with Crippen LogP contribution in [0.3, 0.4) is 0 Å². The van der Waals surface area contributed by atoms with Crippen molar-refractivity contribution in [2.24, 2.45) is 4.99 Å². The number of aromatic nitrogens is 1. The number of halogens is 1. The summed E-state index contributed by atoms with van der Waals surface area (Å²) >= 11 is 6.03. The van der Waals surface area contributed by atoms with Gasteiger partial charge in [-0.2, -0.15) is 0 Å². The van der Waals surface area contributed by atoms with Gasteiger partial charge in [0, 0.05) is 23.5 Å². The summed E-state index contributed by atoms with van der Waals surface area (Å²) < 4.78 is 5.07. The highest BCUT2D eigenvalue weighted by molar-refractivity contribution is 6.32. The van der Waals surface area contributed by atoms with Gasteiger partial charge in [0.15, 0.2) is 0 Å². The van der Waals surface area contributed by atoms with Crippen molar-refractivity contribution in [1.29, 1.82) is 0 Å². The second-order valence-electron chi connectivity index (χ2n) is 4.37. The van der Waals surface area contributed by atoms with Crippen LogP contribution in [-0.2, 0) is 6.61 Å². The molecular formula is C15H15ClN2O3. The van der Waals surface area contributed by atoms with Crippen molar-refractivity contribution in [2.45, 2.75) is 13.5 Å². The number of methoxy groups -OCH3 is 1. The highest BCUT2D eigenvalue weighted by atomic mass is 35.5. The van der Waals surface area contributed by atoms with Crippen LogP contribution in [0.4, 0.5) is 5.69 Å². The second-order valence-corrected chi connectivity index (χ2v) is 4.77. The maximum Gasteiger partial charge on any atom is 0.145 e. The number of ether oxygens (including phenoxy) is 1. The van der Waals surface area contributed by atoms with Crippen LogP contribution in [0.2, 0.25) is 5.02 Å². The summed E-state index contributed by atoms with van der Waals surface area (Å²) in [5.41, 5.74) is 2.03. The summed E-state index contributed by atoms with van der Waals surface area (Å²) in [4.78, 5) is 8.25. The number of aromatic hydroxyl groups is 1. The molecule has 110 valence electrons. The first-order valence-corrected chi connectivity index (χ1v) is 6.60. The zero-order valence-electron chi connectivity index (χ0n) is 11.7. The molecule has 0 bridgehead atoms. The van der Waals surface area contributed by atoms with Gasteiger partial charge in [-0.1, -0.05) is 11.6 Å². The molecule has 0 aliphatic carbocycles. The Morgan fingerprint density at radius 3 is 2.81 bits per heavy atom. The molecule has 5 nitrogen and oxygen atoms in total. The average Bonchev–Trinajstić information content (AvgIpc) is 2.49. The molecule has 1 aromatic carbocycles. The Kier molecular flexibility index (Phi) is 4.77. The Morgan fingerprint density at radius 1 is 1.43 bits per heavy atom. The minimum Gasteiger partial charge on any atom is -0.505 e. The number of nitrogens with zero attached hydrogens (tertiary/aromatic N) is 2. The van der Waals surface area contributed by atoms with Gasteiger partial charge in [0.05, 0.1) is 30.1 Å². The van der Waals surface area contributed by atoms with E-state index in [1.165, 1.54) is 19.5 Å². The minimum absolute atomic E-state index is 0.00455. The van der Waals surface area contributed by atoms with Crippen molar-refractivity contribution >= 4 is 23.5 Å². The van der Waals surface area contributed by atoms with Gasteiger partial charge in [-0.3, -0.25) is 9.98 Å². The van der Waals surface area contributed by atoms with Crippen molar-refractivity contribution in [3.63, 3.8) is 0 Å². The van der Waals surface area contributed by atoms with Crippen LogP contribution in [0, 0.1) is 6.92 Å². The first-order chi connectivity index (χ1) is 10.1. The lowest BCUT2D eigenvalue weighted by molar-refractivity contribution is 0.280. The summed E-state index contributed by atoms with van der Waals surface area (Å²) in [6.07, 6.45) is 2.99. The van der Waals surface area contributed by atoms with E-state index in [1.54, 1.807) is 25.1 Å². The molecule has 1 aromatic heterocycles. The Bertz CT molecular complexity index is 687. The van der Waals surface area contributed by atoms with Crippen molar-refractivity contribution in [2.75, 3.05) is 7.11 Å². The van der Waals surface area contributed by atoms with Gasteiger partial charge in [0.25, 0.3) is 0 Å². The third-order valence-corrected chi connectivity index (χ3v) is 3.30. The van der Waals surface area contributed by atoms with Gasteiger partial charge < -0.3 is 14.9 Å². The monoisotopic (exact) mass is 306 g/mol. The lowest BCUT2D eigenvalue weighted by atomic mass is 10.1. The number of hydrogen-bond donors (Lipinski definition) is 2. The molecule has 0 fully saturated rings. The van der Waals surface area contributed by atoms with Crippen LogP contribution in [0.25, 0.3) is 0 Å². The first-order valence-electron chi connectivity index (χ1n) is 6.22. The molecule has 2 aromatic rings. The molecule has 6 heteroatoms. The number of hydrogen-bond acceptors (Lipinski definition) is 5. The number of aryl methyl sites for hydroxylation is 1. The molecule has 0 aliphatic heterocycles. The van der Waals surface area contributed by atoms with Crippen LogP contribution >= 0.6 is 11.6 Å². The summed E-state index contributed by atoms with van der Waals surface area (Å²) in [5, 5.41) is 19.8. The SMILES string of the molecule is COc1ccc(N=Cc2c(CO)cnc(C)c2O)cc1Cl. The molecule has 21 heavy (non-hydrogen) atoms. The smallest absolute Gasteiger partial charge is 0.145 e. The lowest BCUT2D eigenvalue weighted by Crippen LogP contribution is -1.97. The van der Waals surface area contributed by atoms with E-state index in [-0.39, 0.29) is 12.4 Å². The standard InChI is InChI=1S/C15H15ClN2O3/c1-9-15(20)12(10(8-19)6-17-9)7-18-11-3-4-14(21-2)13(16)5-11/h3-7,19-20H,8H2,1-2H3. The van der Waals surface area contributed by atoms with Crippen LogP contribution in [0.5, 0.6) is 11.5 Å². The van der Waals surface area contributed by atoms with Gasteiger partial charge in [-0.25, -0.2) is 0 Å². The van der Waals surface area contributed by atoms with Crippen molar-refractivity contribution < 1.29 is 14.9 Å². The fourth-order valence-electron chi connectivity index (χ4n) is 1.80. The maximum absolute atomic E-state index is 10.0. The van der Waals surface area contributed by atoms with Gasteiger partial charge >= 0.3 is 0 Å². The Labute approximate surface area is 127 Å². The van der Waals surface area contributed by atoms with Gasteiger partial charge in [-0.05, 0) is 25.1 Å². The molecule has 2 N–H and O–H groups in total. The lowest BCUT2D eigenvalue weighted by Gasteiger charge is -2.07. The third-order valence-electron chi connectivity index (χ3n) is 3.01. The highest BCUT2D eigenvalue weighted by Crippen LogP contribution is 2.29. The molecule has 0 radical (unpaired) electrons. The maximum atomic E-state index is 10.0. The van der Waals surface area contributed by atoms with Crippen LogP contribution in [0.15, 0.2) is 29.4 Å². The topological polar surface area (TPSA) is 74.9 Å². The third kappa shape index (κ3) is 3.32. The number of aliphatic hydroxyl groups is 1. The summed E-state index contributed by atoms with van der Waals surface area (Å²) in [6, 6.07) is 5.10. The predicted molar refractivity (Wildman–Crippen MR) is 81.8 cm³/mol. The number of aliphatic imine (C=N–C) groups is 1. The van der Waals surface area contributed by atoms with Crippen LogP contribution in [-0.4, -0.2) is 28.5 Å². The fourth-order valence-corrected chi connectivity index (χ4v) is 2.05. The molecular weight excluding hydrogens is 292 g/mol. The van der Waals surface area contributed by atoms with E-state index < -0.39 is 0 Å². The van der Waals surface area contributed by atoms with Crippen molar-refractivity contribution in [3.05, 3.63) is 46.2 Å². The van der Waals surface area contributed by atoms with Crippen LogP contribution in [0.1, 0.15) is 16.8 Å². The van der Waals surface area contributed by atoms with Gasteiger partial charge in [0.2, 0.25) is 0 Å². The van der Waals surface area contributed by atoms with E-state index in [0.29, 0.717) is 33.3 Å². The fraction of sp³-hybridized carbons (Fsp3) is 0.200. The minimum atomic E-state index is -0.231. The van der Waals surface area contributed by atoms with Crippen LogP contribution < -0.4 is 4.74 Å². The zero-order chi connectivity index (χ0) is 15.4. The van der Waals surface area contributed by atoms with E-state index in [9.17, 15) is 10.2 Å². The molecule has 0 saturated heterocycles. The summed E-state index contributed by atoms with van der Waals surface area (Å²) in [7, 11) is 1.54. The van der Waals surface area contributed by atoms with Gasteiger partial charge in [0.1, 0.15) is 11.5 Å².